The van der Waals surface area contributed by atoms with Gasteiger partial charge in [0.1, 0.15) is 11.5 Å². The van der Waals surface area contributed by atoms with Gasteiger partial charge in [-0.05, 0) is 61.0 Å². The van der Waals surface area contributed by atoms with Crippen molar-refractivity contribution in [2.45, 2.75) is 13.5 Å². The number of aryl methyl sites for hydroxylation is 1. The molecule has 0 unspecified atom stereocenters. The van der Waals surface area contributed by atoms with Crippen molar-refractivity contribution in [3.63, 3.8) is 0 Å². The monoisotopic (exact) mass is 453 g/mol. The minimum absolute atomic E-state index is 0.130. The zero-order valence-electron chi connectivity index (χ0n) is 17.0. The smallest absolute Gasteiger partial charge is 0.267 e. The number of aromatic nitrogens is 2. The van der Waals surface area contributed by atoms with Gasteiger partial charge in [-0.25, -0.2) is 4.98 Å². The van der Waals surface area contributed by atoms with E-state index in [9.17, 15) is 4.79 Å². The van der Waals surface area contributed by atoms with Gasteiger partial charge in [0.15, 0.2) is 11.7 Å². The van der Waals surface area contributed by atoms with E-state index in [0.29, 0.717) is 15.9 Å². The molecule has 4 aromatic rings. The van der Waals surface area contributed by atoms with E-state index in [-0.39, 0.29) is 19.1 Å². The summed E-state index contributed by atoms with van der Waals surface area (Å²) in [6.45, 7) is 2.11. The Hall–Kier alpha value is -3.16. The number of carbonyl (C=O) groups excluding carboxylic acids is 1. The average molecular weight is 454 g/mol. The molecule has 1 amide bonds. The van der Waals surface area contributed by atoms with Crippen molar-refractivity contribution >= 4 is 44.2 Å². The molecule has 2 aromatic carbocycles. The summed E-state index contributed by atoms with van der Waals surface area (Å²) < 4.78 is 11.8. The molecule has 0 N–H and O–H groups in total. The number of carbonyl (C=O) groups is 1. The molecule has 0 aliphatic carbocycles. The Kier molecular flexibility index (Phi) is 6.34. The molecule has 0 aliphatic rings. The van der Waals surface area contributed by atoms with Crippen molar-refractivity contribution in [3.8, 4) is 11.5 Å². The lowest BCUT2D eigenvalue weighted by Gasteiger charge is -2.19. The molecule has 0 fully saturated rings. The van der Waals surface area contributed by atoms with Crippen LogP contribution in [0.4, 0.5) is 5.13 Å². The van der Waals surface area contributed by atoms with Crippen LogP contribution in [0.1, 0.15) is 11.3 Å². The number of fused-ring (bicyclic) bond motifs is 1. The summed E-state index contributed by atoms with van der Waals surface area (Å²) in [5.41, 5.74) is 2.55. The molecule has 0 spiro atoms. The lowest BCUT2D eigenvalue weighted by molar-refractivity contribution is -0.120. The number of ether oxygens (including phenoxy) is 2. The maximum absolute atomic E-state index is 13.2. The van der Waals surface area contributed by atoms with Gasteiger partial charge >= 0.3 is 0 Å². The van der Waals surface area contributed by atoms with Crippen LogP contribution in [0.3, 0.4) is 0 Å². The summed E-state index contributed by atoms with van der Waals surface area (Å²) in [6, 6.07) is 16.4. The van der Waals surface area contributed by atoms with Crippen LogP contribution in [0.5, 0.6) is 11.5 Å². The number of anilines is 1. The Morgan fingerprint density at radius 2 is 1.90 bits per heavy atom. The number of pyridine rings is 1. The summed E-state index contributed by atoms with van der Waals surface area (Å²) in [4.78, 5) is 23.8. The van der Waals surface area contributed by atoms with Gasteiger partial charge in [-0.2, -0.15) is 0 Å². The summed E-state index contributed by atoms with van der Waals surface area (Å²) in [5.74, 6) is 1.09. The van der Waals surface area contributed by atoms with Crippen LogP contribution in [-0.4, -0.2) is 29.6 Å². The number of halogens is 1. The van der Waals surface area contributed by atoms with Gasteiger partial charge in [0, 0.05) is 11.2 Å². The number of amides is 1. The van der Waals surface area contributed by atoms with Crippen molar-refractivity contribution in [2.24, 2.45) is 0 Å². The predicted molar refractivity (Wildman–Crippen MR) is 123 cm³/mol. The number of thiazole rings is 1. The van der Waals surface area contributed by atoms with E-state index in [2.05, 4.69) is 4.98 Å². The molecule has 2 aromatic heterocycles. The van der Waals surface area contributed by atoms with Gasteiger partial charge in [0.25, 0.3) is 5.91 Å². The Bertz CT molecular complexity index is 1200. The molecule has 4 rings (SSSR count). The normalized spacial score (nSPS) is 10.8. The summed E-state index contributed by atoms with van der Waals surface area (Å²) in [6.07, 6.45) is 1.70. The molecule has 0 saturated carbocycles. The second-order valence-corrected chi connectivity index (χ2v) is 8.28. The molecular weight excluding hydrogens is 434 g/mol. The van der Waals surface area contributed by atoms with E-state index in [1.165, 1.54) is 11.3 Å². The van der Waals surface area contributed by atoms with Crippen molar-refractivity contribution < 1.29 is 14.3 Å². The van der Waals surface area contributed by atoms with Crippen LogP contribution in [0.25, 0.3) is 10.2 Å². The van der Waals surface area contributed by atoms with E-state index < -0.39 is 0 Å². The number of nitrogens with zero attached hydrogens (tertiary/aromatic N) is 3. The standard InChI is InChI=1S/C23H20ClN3O3S/c1-15-11-16(24)12-20-22(15)26-23(31-20)27(13-17-5-3-4-10-25-17)21(28)14-30-19-8-6-18(29-2)7-9-19/h3-12H,13-14H2,1-2H3. The fourth-order valence-electron chi connectivity index (χ4n) is 3.07. The maximum Gasteiger partial charge on any atom is 0.267 e. The van der Waals surface area contributed by atoms with Crippen LogP contribution >= 0.6 is 22.9 Å². The molecular formula is C23H20ClN3O3S. The topological polar surface area (TPSA) is 64.6 Å². The zero-order valence-corrected chi connectivity index (χ0v) is 18.6. The van der Waals surface area contributed by atoms with Gasteiger partial charge in [-0.15, -0.1) is 0 Å². The van der Waals surface area contributed by atoms with Crippen LogP contribution in [-0.2, 0) is 11.3 Å². The first-order valence-corrected chi connectivity index (χ1v) is 10.8. The van der Waals surface area contributed by atoms with Gasteiger partial charge < -0.3 is 9.47 Å². The molecule has 0 bridgehead atoms. The van der Waals surface area contributed by atoms with Crippen molar-refractivity contribution in [1.29, 1.82) is 0 Å². The molecule has 2 heterocycles. The zero-order chi connectivity index (χ0) is 21.8. The largest absolute Gasteiger partial charge is 0.497 e. The Morgan fingerprint density at radius 3 is 2.61 bits per heavy atom. The minimum Gasteiger partial charge on any atom is -0.497 e. The predicted octanol–water partition coefficient (Wildman–Crippen LogP) is 5.27. The van der Waals surface area contributed by atoms with Crippen molar-refractivity contribution in [2.75, 3.05) is 18.6 Å². The third kappa shape index (κ3) is 4.95. The highest BCUT2D eigenvalue weighted by molar-refractivity contribution is 7.22. The summed E-state index contributed by atoms with van der Waals surface area (Å²) in [7, 11) is 1.60. The maximum atomic E-state index is 13.2. The Labute approximate surface area is 189 Å². The van der Waals surface area contributed by atoms with Gasteiger partial charge in [0.2, 0.25) is 0 Å². The molecule has 0 radical (unpaired) electrons. The minimum atomic E-state index is -0.218. The van der Waals surface area contributed by atoms with Gasteiger partial charge in [-0.3, -0.25) is 14.7 Å². The Balaban J connectivity index is 1.60. The third-order valence-electron chi connectivity index (χ3n) is 4.64. The molecule has 31 heavy (non-hydrogen) atoms. The van der Waals surface area contributed by atoms with Crippen LogP contribution in [0, 0.1) is 6.92 Å². The van der Waals surface area contributed by atoms with Crippen molar-refractivity contribution in [1.82, 2.24) is 9.97 Å². The van der Waals surface area contributed by atoms with E-state index in [0.717, 1.165) is 27.2 Å². The number of methoxy groups -OCH3 is 1. The van der Waals surface area contributed by atoms with E-state index >= 15 is 0 Å². The summed E-state index contributed by atoms with van der Waals surface area (Å²) >= 11 is 7.62. The van der Waals surface area contributed by atoms with Crippen LogP contribution in [0.15, 0.2) is 60.8 Å². The second kappa shape index (κ2) is 9.32. The molecule has 0 saturated heterocycles. The number of benzene rings is 2. The SMILES string of the molecule is COc1ccc(OCC(=O)N(Cc2ccccn2)c2nc3c(C)cc(Cl)cc3s2)cc1. The molecule has 0 atom stereocenters. The molecule has 0 aliphatic heterocycles. The van der Waals surface area contributed by atoms with E-state index in [4.69, 9.17) is 26.1 Å². The highest BCUT2D eigenvalue weighted by Gasteiger charge is 2.22. The van der Waals surface area contributed by atoms with E-state index in [1.54, 1.807) is 42.5 Å². The first-order chi connectivity index (χ1) is 15.0. The first kappa shape index (κ1) is 21.1. The lowest BCUT2D eigenvalue weighted by Crippen LogP contribution is -2.34. The lowest BCUT2D eigenvalue weighted by atomic mass is 10.2. The van der Waals surface area contributed by atoms with Gasteiger partial charge in [0.05, 0.1) is 29.6 Å². The van der Waals surface area contributed by atoms with Gasteiger partial charge in [-0.1, -0.05) is 29.0 Å². The molecule has 158 valence electrons. The highest BCUT2D eigenvalue weighted by atomic mass is 35.5. The highest BCUT2D eigenvalue weighted by Crippen LogP contribution is 2.33. The molecule has 8 heteroatoms. The first-order valence-electron chi connectivity index (χ1n) is 9.57. The van der Waals surface area contributed by atoms with Crippen LogP contribution < -0.4 is 14.4 Å². The number of hydrogen-bond acceptors (Lipinski definition) is 6. The quantitative estimate of drug-likeness (QED) is 0.381. The summed E-state index contributed by atoms with van der Waals surface area (Å²) in [5, 5.41) is 1.22. The van der Waals surface area contributed by atoms with Crippen molar-refractivity contribution in [3.05, 3.63) is 77.1 Å². The number of rotatable bonds is 7. The number of hydrogen-bond donors (Lipinski definition) is 0. The fraction of sp³-hybridized carbons (Fsp3) is 0.174. The third-order valence-corrected chi connectivity index (χ3v) is 5.88. The van der Waals surface area contributed by atoms with E-state index in [1.807, 2.05) is 37.3 Å². The second-order valence-electron chi connectivity index (χ2n) is 6.83. The molecule has 6 nitrogen and oxygen atoms in total. The Morgan fingerprint density at radius 1 is 1.13 bits per heavy atom. The fourth-order valence-corrected chi connectivity index (χ4v) is 4.51. The van der Waals surface area contributed by atoms with Crippen LogP contribution in [0.2, 0.25) is 5.02 Å². The average Bonchev–Trinajstić information content (AvgIpc) is 3.21.